The van der Waals surface area contributed by atoms with Gasteiger partial charge < -0.3 is 15.8 Å². The Bertz CT molecular complexity index is 782. The number of ether oxygens (including phenoxy) is 1. The third-order valence-electron chi connectivity index (χ3n) is 3.98. The number of anilines is 1. The fourth-order valence-electron chi connectivity index (χ4n) is 2.90. The van der Waals surface area contributed by atoms with E-state index in [1.807, 2.05) is 36.7 Å². The summed E-state index contributed by atoms with van der Waals surface area (Å²) in [6, 6.07) is 7.52. The first kappa shape index (κ1) is 16.0. The molecule has 1 aliphatic rings. The molecular weight excluding hydrogens is 308 g/mol. The molecule has 0 aliphatic carbocycles. The number of nitrogens with zero attached hydrogens (tertiary/aromatic N) is 2. The van der Waals surface area contributed by atoms with Crippen molar-refractivity contribution in [3.63, 3.8) is 0 Å². The van der Waals surface area contributed by atoms with E-state index >= 15 is 0 Å². The number of benzene rings is 1. The smallest absolute Gasteiger partial charge is 0.255 e. The van der Waals surface area contributed by atoms with Crippen LogP contribution in [0.3, 0.4) is 0 Å². The van der Waals surface area contributed by atoms with E-state index in [0.29, 0.717) is 12.2 Å². The third kappa shape index (κ3) is 3.10. The highest BCUT2D eigenvalue weighted by Gasteiger charge is 2.30. The molecule has 126 valence electrons. The normalized spacial score (nSPS) is 16.6. The van der Waals surface area contributed by atoms with Crippen molar-refractivity contribution in [2.75, 3.05) is 11.9 Å². The largest absolute Gasteiger partial charge is 0.484 e. The standard InChI is InChI=1S/C17H20N4O3/c1-10(2)21-17-14(8-19-21)13(7-16(23)20-17)11-4-3-5-12(6-11)24-9-15(18)22/h3-6,8,10,13H,7,9H2,1-2H3,(H2,18,22)(H,20,23)/t13-/m1/s1. The van der Waals surface area contributed by atoms with Crippen molar-refractivity contribution in [1.29, 1.82) is 0 Å². The Morgan fingerprint density at radius 2 is 2.29 bits per heavy atom. The molecule has 3 rings (SSSR count). The number of amides is 2. The van der Waals surface area contributed by atoms with Gasteiger partial charge in [0.25, 0.3) is 5.91 Å². The number of rotatable bonds is 5. The minimum Gasteiger partial charge on any atom is -0.484 e. The molecule has 2 amide bonds. The van der Waals surface area contributed by atoms with E-state index in [4.69, 9.17) is 10.5 Å². The second kappa shape index (κ2) is 6.35. The van der Waals surface area contributed by atoms with E-state index in [1.54, 1.807) is 12.3 Å². The van der Waals surface area contributed by atoms with Crippen LogP contribution >= 0.6 is 0 Å². The molecular formula is C17H20N4O3. The molecule has 0 saturated carbocycles. The average molecular weight is 328 g/mol. The zero-order valence-electron chi connectivity index (χ0n) is 13.7. The van der Waals surface area contributed by atoms with Crippen molar-refractivity contribution in [3.05, 3.63) is 41.6 Å². The maximum atomic E-state index is 12.1. The summed E-state index contributed by atoms with van der Waals surface area (Å²) in [7, 11) is 0. The lowest BCUT2D eigenvalue weighted by Gasteiger charge is -2.24. The molecule has 0 spiro atoms. The van der Waals surface area contributed by atoms with Crippen LogP contribution in [0, 0.1) is 0 Å². The van der Waals surface area contributed by atoms with Gasteiger partial charge in [-0.3, -0.25) is 9.59 Å². The van der Waals surface area contributed by atoms with Gasteiger partial charge in [0.2, 0.25) is 5.91 Å². The van der Waals surface area contributed by atoms with Gasteiger partial charge in [-0.2, -0.15) is 5.10 Å². The van der Waals surface area contributed by atoms with Gasteiger partial charge in [-0.05, 0) is 31.5 Å². The highest BCUT2D eigenvalue weighted by atomic mass is 16.5. The maximum absolute atomic E-state index is 12.1. The molecule has 0 unspecified atom stereocenters. The van der Waals surface area contributed by atoms with Crippen molar-refractivity contribution in [2.45, 2.75) is 32.2 Å². The molecule has 0 saturated heterocycles. The van der Waals surface area contributed by atoms with Crippen molar-refractivity contribution in [3.8, 4) is 5.75 Å². The van der Waals surface area contributed by atoms with Gasteiger partial charge >= 0.3 is 0 Å². The number of hydrogen-bond donors (Lipinski definition) is 2. The van der Waals surface area contributed by atoms with Crippen LogP contribution in [0.15, 0.2) is 30.5 Å². The summed E-state index contributed by atoms with van der Waals surface area (Å²) in [5, 5.41) is 7.31. The van der Waals surface area contributed by atoms with Crippen LogP contribution < -0.4 is 15.8 Å². The zero-order chi connectivity index (χ0) is 17.3. The third-order valence-corrected chi connectivity index (χ3v) is 3.98. The van der Waals surface area contributed by atoms with Crippen molar-refractivity contribution >= 4 is 17.6 Å². The van der Waals surface area contributed by atoms with E-state index in [0.717, 1.165) is 16.9 Å². The van der Waals surface area contributed by atoms with Gasteiger partial charge in [-0.25, -0.2) is 4.68 Å². The Hall–Kier alpha value is -2.83. The van der Waals surface area contributed by atoms with Gasteiger partial charge in [0.05, 0.1) is 6.20 Å². The fraction of sp³-hybridized carbons (Fsp3) is 0.353. The number of nitrogens with two attached hydrogens (primary N) is 1. The summed E-state index contributed by atoms with van der Waals surface area (Å²) < 4.78 is 7.17. The summed E-state index contributed by atoms with van der Waals surface area (Å²) in [6.45, 7) is 3.85. The highest BCUT2D eigenvalue weighted by molar-refractivity contribution is 5.94. The topological polar surface area (TPSA) is 99.2 Å². The van der Waals surface area contributed by atoms with Crippen LogP contribution in [0.2, 0.25) is 0 Å². The second-order valence-corrected chi connectivity index (χ2v) is 6.12. The maximum Gasteiger partial charge on any atom is 0.255 e. The number of fused-ring (bicyclic) bond motifs is 1. The van der Waals surface area contributed by atoms with Gasteiger partial charge in [0.15, 0.2) is 6.61 Å². The molecule has 0 radical (unpaired) electrons. The quantitative estimate of drug-likeness (QED) is 0.874. The molecule has 1 aromatic carbocycles. The Kier molecular flexibility index (Phi) is 4.24. The average Bonchev–Trinajstić information content (AvgIpc) is 2.96. The van der Waals surface area contributed by atoms with Crippen molar-refractivity contribution < 1.29 is 14.3 Å². The predicted molar refractivity (Wildman–Crippen MR) is 88.8 cm³/mol. The molecule has 3 N–H and O–H groups in total. The molecule has 7 nitrogen and oxygen atoms in total. The molecule has 2 aromatic rings. The first-order valence-corrected chi connectivity index (χ1v) is 7.84. The SMILES string of the molecule is CC(C)n1ncc2c1NC(=O)C[C@@H]2c1cccc(OCC(N)=O)c1. The van der Waals surface area contributed by atoms with Gasteiger partial charge in [-0.1, -0.05) is 12.1 Å². The number of carbonyl (C=O) groups excluding carboxylic acids is 2. The Morgan fingerprint density at radius 1 is 1.50 bits per heavy atom. The fourth-order valence-corrected chi connectivity index (χ4v) is 2.90. The van der Waals surface area contributed by atoms with Gasteiger partial charge in [0.1, 0.15) is 11.6 Å². The first-order chi connectivity index (χ1) is 11.5. The van der Waals surface area contributed by atoms with Crippen LogP contribution in [0.25, 0.3) is 0 Å². The minimum atomic E-state index is -0.530. The van der Waals surface area contributed by atoms with Gasteiger partial charge in [-0.15, -0.1) is 0 Å². The number of aromatic nitrogens is 2. The molecule has 2 heterocycles. The summed E-state index contributed by atoms with van der Waals surface area (Å²) in [5.41, 5.74) is 7.03. The van der Waals surface area contributed by atoms with E-state index in [1.165, 1.54) is 0 Å². The Balaban J connectivity index is 1.94. The molecule has 1 atom stereocenters. The molecule has 24 heavy (non-hydrogen) atoms. The number of hydrogen-bond acceptors (Lipinski definition) is 4. The van der Waals surface area contributed by atoms with Crippen molar-refractivity contribution in [1.82, 2.24) is 9.78 Å². The van der Waals surface area contributed by atoms with Crippen LogP contribution in [0.4, 0.5) is 5.82 Å². The summed E-state index contributed by atoms with van der Waals surface area (Å²) in [5.74, 6) is 0.625. The highest BCUT2D eigenvalue weighted by Crippen LogP contribution is 2.38. The minimum absolute atomic E-state index is 0.0432. The lowest BCUT2D eigenvalue weighted by atomic mass is 9.87. The lowest BCUT2D eigenvalue weighted by Crippen LogP contribution is -2.25. The number of carbonyl (C=O) groups is 2. The second-order valence-electron chi connectivity index (χ2n) is 6.12. The van der Waals surface area contributed by atoms with E-state index < -0.39 is 5.91 Å². The summed E-state index contributed by atoms with van der Waals surface area (Å²) in [4.78, 5) is 23.0. The van der Waals surface area contributed by atoms with Crippen LogP contribution in [0.1, 0.15) is 43.4 Å². The Morgan fingerprint density at radius 3 is 3.00 bits per heavy atom. The van der Waals surface area contributed by atoms with Crippen LogP contribution in [-0.4, -0.2) is 28.2 Å². The first-order valence-electron chi connectivity index (χ1n) is 7.84. The predicted octanol–water partition coefficient (Wildman–Crippen LogP) is 1.80. The molecule has 0 bridgehead atoms. The molecule has 1 aromatic heterocycles. The van der Waals surface area contributed by atoms with E-state index in [-0.39, 0.29) is 24.5 Å². The summed E-state index contributed by atoms with van der Waals surface area (Å²) in [6.07, 6.45) is 2.15. The van der Waals surface area contributed by atoms with E-state index in [2.05, 4.69) is 10.4 Å². The monoisotopic (exact) mass is 328 g/mol. The molecule has 1 aliphatic heterocycles. The Labute approximate surface area is 139 Å². The molecule has 0 fully saturated rings. The van der Waals surface area contributed by atoms with Crippen molar-refractivity contribution in [2.24, 2.45) is 5.73 Å². The van der Waals surface area contributed by atoms with Crippen LogP contribution in [0.5, 0.6) is 5.75 Å². The number of primary amides is 1. The van der Waals surface area contributed by atoms with Gasteiger partial charge in [0, 0.05) is 23.9 Å². The van der Waals surface area contributed by atoms with Crippen LogP contribution in [-0.2, 0) is 9.59 Å². The lowest BCUT2D eigenvalue weighted by molar-refractivity contribution is -0.120. The zero-order valence-corrected chi connectivity index (χ0v) is 13.7. The summed E-state index contributed by atoms with van der Waals surface area (Å²) >= 11 is 0. The number of nitrogens with one attached hydrogen (secondary N) is 1. The molecule has 7 heteroatoms. The van der Waals surface area contributed by atoms with E-state index in [9.17, 15) is 9.59 Å².